The first-order valence-electron chi connectivity index (χ1n) is 12.3. The Morgan fingerprint density at radius 2 is 1.76 bits per heavy atom. The van der Waals surface area contributed by atoms with Crippen LogP contribution in [0.15, 0.2) is 70.3 Å². The average molecular weight is 498 g/mol. The van der Waals surface area contributed by atoms with Crippen LogP contribution in [0, 0.1) is 0 Å². The van der Waals surface area contributed by atoms with Gasteiger partial charge in [-0.15, -0.1) is 24.0 Å². The summed E-state index contributed by atoms with van der Waals surface area (Å²) in [5.41, 5.74) is 4.38. The van der Waals surface area contributed by atoms with Crippen molar-refractivity contribution < 1.29 is 4.79 Å². The van der Waals surface area contributed by atoms with Gasteiger partial charge in [-0.2, -0.15) is 0 Å². The minimum Gasteiger partial charge on any atom is -0.378 e. The standard InChI is InChI=1S/C22H29N3O.C4H4S2.C2H6/c1-4-23-21-15-20(16-10-8-7-9-11-16)24-19-13-12-17(14-18(19)21)22(26)25(5-2)6-3;5-4-2-1-3-6-4;1-2/h7-14,20-21,23-24H,4-6,15H2,1-3H3;1-3,5H;1-2H3. The number of carbonyl (C=O) groups is 1. The van der Waals surface area contributed by atoms with Gasteiger partial charge in [0.1, 0.15) is 0 Å². The normalized spacial score (nSPS) is 16.1. The van der Waals surface area contributed by atoms with E-state index in [4.69, 9.17) is 0 Å². The Balaban J connectivity index is 0.000000437. The van der Waals surface area contributed by atoms with Gasteiger partial charge in [-0.25, -0.2) is 0 Å². The lowest BCUT2D eigenvalue weighted by atomic mass is 9.88. The molecule has 0 bridgehead atoms. The molecule has 3 aromatic rings. The van der Waals surface area contributed by atoms with Crippen LogP contribution in [0.3, 0.4) is 0 Å². The summed E-state index contributed by atoms with van der Waals surface area (Å²) in [5.74, 6) is 0.109. The van der Waals surface area contributed by atoms with Crippen molar-refractivity contribution in [3.8, 4) is 0 Å². The van der Waals surface area contributed by atoms with E-state index in [1.807, 2.05) is 62.2 Å². The number of amides is 1. The van der Waals surface area contributed by atoms with Crippen LogP contribution in [0.4, 0.5) is 5.69 Å². The summed E-state index contributed by atoms with van der Waals surface area (Å²) in [7, 11) is 0. The minimum absolute atomic E-state index is 0.109. The maximum Gasteiger partial charge on any atom is 0.253 e. The van der Waals surface area contributed by atoms with Crippen LogP contribution in [0.25, 0.3) is 0 Å². The first-order chi connectivity index (χ1) is 16.6. The maximum atomic E-state index is 12.7. The molecule has 4 rings (SSSR count). The molecule has 2 heterocycles. The second-order valence-electron chi connectivity index (χ2n) is 7.68. The molecule has 2 N–H and O–H groups in total. The van der Waals surface area contributed by atoms with E-state index in [9.17, 15) is 4.79 Å². The van der Waals surface area contributed by atoms with Crippen molar-refractivity contribution in [3.63, 3.8) is 0 Å². The third kappa shape index (κ3) is 7.62. The molecule has 0 aliphatic carbocycles. The highest BCUT2D eigenvalue weighted by Gasteiger charge is 2.28. The zero-order chi connectivity index (χ0) is 24.9. The molecule has 0 radical (unpaired) electrons. The van der Waals surface area contributed by atoms with E-state index in [-0.39, 0.29) is 18.0 Å². The molecule has 1 amide bonds. The first kappa shape index (κ1) is 28.0. The number of fused-ring (bicyclic) bond motifs is 1. The number of rotatable bonds is 6. The molecule has 6 heteroatoms. The van der Waals surface area contributed by atoms with Gasteiger partial charge in [0.15, 0.2) is 0 Å². The van der Waals surface area contributed by atoms with Gasteiger partial charge in [0, 0.05) is 30.4 Å². The Bertz CT molecular complexity index is 973. The van der Waals surface area contributed by atoms with E-state index in [1.54, 1.807) is 11.3 Å². The Hall–Kier alpha value is -2.28. The van der Waals surface area contributed by atoms with Crippen molar-refractivity contribution >= 4 is 35.6 Å². The second kappa shape index (κ2) is 14.9. The summed E-state index contributed by atoms with van der Waals surface area (Å²) < 4.78 is 1.08. The number of benzene rings is 2. The highest BCUT2D eigenvalue weighted by atomic mass is 32.2. The Morgan fingerprint density at radius 1 is 1.06 bits per heavy atom. The summed E-state index contributed by atoms with van der Waals surface area (Å²) in [4.78, 5) is 14.6. The zero-order valence-corrected chi connectivity index (χ0v) is 22.8. The number of hydrogen-bond donors (Lipinski definition) is 3. The average Bonchev–Trinajstić information content (AvgIpc) is 3.37. The molecule has 0 saturated carbocycles. The summed E-state index contributed by atoms with van der Waals surface area (Å²) in [6.45, 7) is 12.5. The predicted octanol–water partition coefficient (Wildman–Crippen LogP) is 7.44. The second-order valence-corrected chi connectivity index (χ2v) is 9.42. The molecule has 4 nitrogen and oxygen atoms in total. The number of nitrogens with zero attached hydrogens (tertiary/aromatic N) is 1. The molecule has 34 heavy (non-hydrogen) atoms. The van der Waals surface area contributed by atoms with Crippen molar-refractivity contribution in [2.75, 3.05) is 25.0 Å². The largest absolute Gasteiger partial charge is 0.378 e. The van der Waals surface area contributed by atoms with Gasteiger partial charge in [-0.1, -0.05) is 57.2 Å². The fourth-order valence-electron chi connectivity index (χ4n) is 4.03. The van der Waals surface area contributed by atoms with Gasteiger partial charge in [-0.05, 0) is 67.6 Å². The van der Waals surface area contributed by atoms with Crippen molar-refractivity contribution in [1.82, 2.24) is 10.2 Å². The third-order valence-electron chi connectivity index (χ3n) is 5.68. The molecule has 2 aromatic carbocycles. The summed E-state index contributed by atoms with van der Waals surface area (Å²) in [5, 5.41) is 9.26. The van der Waals surface area contributed by atoms with Crippen LogP contribution >= 0.6 is 24.0 Å². The zero-order valence-electron chi connectivity index (χ0n) is 21.0. The number of nitrogens with one attached hydrogen (secondary N) is 2. The smallest absolute Gasteiger partial charge is 0.253 e. The van der Waals surface area contributed by atoms with Crippen molar-refractivity contribution in [1.29, 1.82) is 0 Å². The van der Waals surface area contributed by atoms with Gasteiger partial charge in [0.2, 0.25) is 0 Å². The molecule has 1 aliphatic heterocycles. The predicted molar refractivity (Wildman–Crippen MR) is 150 cm³/mol. The molecule has 1 aromatic heterocycles. The fraction of sp³-hybridized carbons (Fsp3) is 0.393. The van der Waals surface area contributed by atoms with Gasteiger partial charge in [0.05, 0.1) is 10.3 Å². The van der Waals surface area contributed by atoms with Crippen LogP contribution in [0.5, 0.6) is 0 Å². The fourth-order valence-corrected chi connectivity index (χ4v) is 4.75. The van der Waals surface area contributed by atoms with E-state index in [0.29, 0.717) is 0 Å². The lowest BCUT2D eigenvalue weighted by Crippen LogP contribution is -2.32. The molecule has 0 saturated heterocycles. The van der Waals surface area contributed by atoms with Gasteiger partial charge in [-0.3, -0.25) is 4.79 Å². The number of thiophene rings is 1. The van der Waals surface area contributed by atoms with Gasteiger partial charge < -0.3 is 15.5 Å². The van der Waals surface area contributed by atoms with Gasteiger partial charge in [0.25, 0.3) is 5.91 Å². The van der Waals surface area contributed by atoms with Crippen molar-refractivity contribution in [3.05, 3.63) is 82.7 Å². The first-order valence-corrected chi connectivity index (χ1v) is 13.6. The Morgan fingerprint density at radius 3 is 2.29 bits per heavy atom. The lowest BCUT2D eigenvalue weighted by Gasteiger charge is -2.34. The lowest BCUT2D eigenvalue weighted by molar-refractivity contribution is 0.0773. The number of thiol groups is 1. The van der Waals surface area contributed by atoms with E-state index in [0.717, 1.165) is 41.5 Å². The van der Waals surface area contributed by atoms with Crippen molar-refractivity contribution in [2.24, 2.45) is 0 Å². The molecule has 0 fully saturated rings. The highest BCUT2D eigenvalue weighted by molar-refractivity contribution is 7.82. The number of carbonyl (C=O) groups excluding carboxylic acids is 1. The molecular formula is C28H39N3OS2. The van der Waals surface area contributed by atoms with Crippen LogP contribution < -0.4 is 10.6 Å². The van der Waals surface area contributed by atoms with Crippen LogP contribution in [0.2, 0.25) is 0 Å². The maximum absolute atomic E-state index is 12.7. The molecule has 2 atom stereocenters. The van der Waals surface area contributed by atoms with Gasteiger partial charge >= 0.3 is 0 Å². The Kier molecular flexibility index (Phi) is 12.2. The van der Waals surface area contributed by atoms with Crippen LogP contribution in [-0.2, 0) is 0 Å². The Labute approximate surface area is 215 Å². The van der Waals surface area contributed by atoms with E-state index in [1.165, 1.54) is 11.1 Å². The highest BCUT2D eigenvalue weighted by Crippen LogP contribution is 2.39. The molecule has 1 aliphatic rings. The number of anilines is 1. The monoisotopic (exact) mass is 497 g/mol. The molecule has 184 valence electrons. The molecular weight excluding hydrogens is 458 g/mol. The van der Waals surface area contributed by atoms with E-state index in [2.05, 4.69) is 66.6 Å². The van der Waals surface area contributed by atoms with Crippen LogP contribution in [-0.4, -0.2) is 30.4 Å². The molecule has 2 unspecified atom stereocenters. The molecule has 0 spiro atoms. The van der Waals surface area contributed by atoms with E-state index >= 15 is 0 Å². The SMILES string of the molecule is CC.CCNC1CC(c2ccccc2)Nc2ccc(C(=O)N(CC)CC)cc21.Sc1cccs1. The van der Waals surface area contributed by atoms with E-state index < -0.39 is 0 Å². The summed E-state index contributed by atoms with van der Waals surface area (Å²) in [6.07, 6.45) is 0.966. The minimum atomic E-state index is 0.109. The van der Waals surface area contributed by atoms with Crippen molar-refractivity contribution in [2.45, 2.75) is 57.3 Å². The van der Waals surface area contributed by atoms with Crippen LogP contribution in [0.1, 0.15) is 74.6 Å². The topological polar surface area (TPSA) is 44.4 Å². The summed E-state index contributed by atoms with van der Waals surface area (Å²) in [6, 6.07) is 21.1. The quantitative estimate of drug-likeness (QED) is 0.310. The summed E-state index contributed by atoms with van der Waals surface area (Å²) >= 11 is 5.70. The third-order valence-corrected chi connectivity index (χ3v) is 6.82. The number of hydrogen-bond acceptors (Lipinski definition) is 5.